The topological polar surface area (TPSA) is 15.3 Å². The summed E-state index contributed by atoms with van der Waals surface area (Å²) in [5, 5.41) is 3.50. The van der Waals surface area contributed by atoms with Crippen LogP contribution in [0, 0.1) is 0 Å². The van der Waals surface area contributed by atoms with Crippen LogP contribution in [0.3, 0.4) is 0 Å². The largest absolute Gasteiger partial charge is 0.310 e. The molecule has 2 heterocycles. The minimum absolute atomic E-state index is 0.651. The van der Waals surface area contributed by atoms with Crippen LogP contribution in [-0.2, 0) is 6.54 Å². The Balaban J connectivity index is 1.67. The number of hydrogen-bond acceptors (Lipinski definition) is 3. The summed E-state index contributed by atoms with van der Waals surface area (Å²) in [6.45, 7) is 6.85. The second-order valence-corrected chi connectivity index (χ2v) is 6.23. The third-order valence-corrected chi connectivity index (χ3v) is 4.36. The highest BCUT2D eigenvalue weighted by atomic mass is 35.5. The van der Waals surface area contributed by atoms with E-state index in [1.165, 1.54) is 30.8 Å². The highest BCUT2D eigenvalue weighted by Crippen LogP contribution is 2.21. The predicted octanol–water partition coefficient (Wildman–Crippen LogP) is 2.98. The van der Waals surface area contributed by atoms with E-state index < -0.39 is 0 Å². The molecule has 4 heteroatoms. The fraction of sp³-hybridized carbons (Fsp3) is 0.667. The second kappa shape index (κ2) is 6.01. The van der Waals surface area contributed by atoms with Crippen molar-refractivity contribution in [1.29, 1.82) is 0 Å². The Bertz CT molecular complexity index is 321. The lowest BCUT2D eigenvalue weighted by Crippen LogP contribution is -2.38. The normalized spacial score (nSPS) is 19.1. The first-order valence-corrected chi connectivity index (χ1v) is 7.14. The molecule has 2 nitrogen and oxygen atoms in total. The number of hydrogen-bond donors (Lipinski definition) is 1. The van der Waals surface area contributed by atoms with Crippen LogP contribution in [0.1, 0.15) is 24.6 Å². The van der Waals surface area contributed by atoms with Crippen molar-refractivity contribution in [2.24, 2.45) is 0 Å². The van der Waals surface area contributed by atoms with Gasteiger partial charge in [-0.1, -0.05) is 11.6 Å². The fourth-order valence-electron chi connectivity index (χ4n) is 2.16. The first-order valence-electron chi connectivity index (χ1n) is 5.94. The molecule has 0 amide bonds. The van der Waals surface area contributed by atoms with Gasteiger partial charge in [-0.15, -0.1) is 11.3 Å². The van der Waals surface area contributed by atoms with Gasteiger partial charge in [-0.3, -0.25) is 4.90 Å². The van der Waals surface area contributed by atoms with Gasteiger partial charge in [0.2, 0.25) is 0 Å². The Hall–Kier alpha value is -0.0900. The number of rotatable bonds is 5. The van der Waals surface area contributed by atoms with Gasteiger partial charge in [0, 0.05) is 24.0 Å². The van der Waals surface area contributed by atoms with Crippen LogP contribution < -0.4 is 5.32 Å². The SMILES string of the molecule is CC(CNCc1ccc(Cl)s1)N1CCCC1. The molecule has 1 unspecified atom stereocenters. The van der Waals surface area contributed by atoms with E-state index in [0.717, 1.165) is 17.4 Å². The van der Waals surface area contributed by atoms with Gasteiger partial charge < -0.3 is 5.32 Å². The quantitative estimate of drug-likeness (QED) is 0.874. The fourth-order valence-corrected chi connectivity index (χ4v) is 3.22. The standard InChI is InChI=1S/C12H19ClN2S/c1-10(15-6-2-3-7-15)8-14-9-11-4-5-12(13)16-11/h4-5,10,14H,2-3,6-9H2,1H3. The van der Waals surface area contributed by atoms with Gasteiger partial charge in [0.1, 0.15) is 0 Å². The summed E-state index contributed by atoms with van der Waals surface area (Å²) < 4.78 is 0.879. The third kappa shape index (κ3) is 3.45. The van der Waals surface area contributed by atoms with Crippen molar-refractivity contribution >= 4 is 22.9 Å². The minimum Gasteiger partial charge on any atom is -0.310 e. The first-order chi connectivity index (χ1) is 7.75. The average Bonchev–Trinajstić information content (AvgIpc) is 2.89. The number of halogens is 1. The Morgan fingerprint density at radius 2 is 2.19 bits per heavy atom. The molecule has 1 N–H and O–H groups in total. The van der Waals surface area contributed by atoms with Crippen molar-refractivity contribution in [3.8, 4) is 0 Å². The second-order valence-electron chi connectivity index (χ2n) is 4.43. The van der Waals surface area contributed by atoms with E-state index in [4.69, 9.17) is 11.6 Å². The lowest BCUT2D eigenvalue weighted by Gasteiger charge is -2.23. The molecule has 0 bridgehead atoms. The maximum absolute atomic E-state index is 5.89. The zero-order valence-corrected chi connectivity index (χ0v) is 11.3. The Labute approximate surface area is 107 Å². The van der Waals surface area contributed by atoms with Gasteiger partial charge in [-0.05, 0) is 45.0 Å². The van der Waals surface area contributed by atoms with Gasteiger partial charge in [0.15, 0.2) is 0 Å². The van der Waals surface area contributed by atoms with Crippen molar-refractivity contribution in [2.75, 3.05) is 19.6 Å². The lowest BCUT2D eigenvalue weighted by molar-refractivity contribution is 0.252. The van der Waals surface area contributed by atoms with Gasteiger partial charge in [-0.25, -0.2) is 0 Å². The smallest absolute Gasteiger partial charge is 0.0931 e. The molecule has 0 saturated carbocycles. The lowest BCUT2D eigenvalue weighted by atomic mass is 10.3. The molecule has 90 valence electrons. The number of nitrogens with zero attached hydrogens (tertiary/aromatic N) is 1. The summed E-state index contributed by atoms with van der Waals surface area (Å²) in [6.07, 6.45) is 2.73. The molecule has 1 aromatic heterocycles. The molecule has 16 heavy (non-hydrogen) atoms. The maximum atomic E-state index is 5.89. The van der Waals surface area contributed by atoms with E-state index in [1.54, 1.807) is 11.3 Å². The van der Waals surface area contributed by atoms with Crippen LogP contribution in [0.2, 0.25) is 4.34 Å². The molecule has 2 rings (SSSR count). The summed E-state index contributed by atoms with van der Waals surface area (Å²) in [4.78, 5) is 3.88. The molecule has 1 saturated heterocycles. The molecular formula is C12H19ClN2S. The molecule has 0 aliphatic carbocycles. The molecule has 0 radical (unpaired) electrons. The van der Waals surface area contributed by atoms with Crippen LogP contribution in [0.25, 0.3) is 0 Å². The summed E-state index contributed by atoms with van der Waals surface area (Å²) in [5.74, 6) is 0. The van der Waals surface area contributed by atoms with Crippen molar-refractivity contribution in [3.05, 3.63) is 21.3 Å². The van der Waals surface area contributed by atoms with E-state index in [0.29, 0.717) is 6.04 Å². The van der Waals surface area contributed by atoms with E-state index in [2.05, 4.69) is 23.2 Å². The molecule has 1 atom stereocenters. The molecule has 1 aliphatic rings. The summed E-state index contributed by atoms with van der Waals surface area (Å²) >= 11 is 7.55. The molecule has 0 aromatic carbocycles. The third-order valence-electron chi connectivity index (χ3n) is 3.13. The Morgan fingerprint density at radius 1 is 1.44 bits per heavy atom. The molecular weight excluding hydrogens is 240 g/mol. The summed E-state index contributed by atoms with van der Waals surface area (Å²) in [6, 6.07) is 4.71. The summed E-state index contributed by atoms with van der Waals surface area (Å²) in [5.41, 5.74) is 0. The predicted molar refractivity (Wildman–Crippen MR) is 71.3 cm³/mol. The van der Waals surface area contributed by atoms with Gasteiger partial charge in [0.05, 0.1) is 4.34 Å². The highest BCUT2D eigenvalue weighted by molar-refractivity contribution is 7.16. The molecule has 1 fully saturated rings. The monoisotopic (exact) mass is 258 g/mol. The molecule has 1 aromatic rings. The van der Waals surface area contributed by atoms with Crippen LogP contribution >= 0.6 is 22.9 Å². The number of likely N-dealkylation sites (tertiary alicyclic amines) is 1. The first kappa shape index (κ1) is 12.4. The van der Waals surface area contributed by atoms with Crippen LogP contribution in [0.15, 0.2) is 12.1 Å². The Morgan fingerprint density at radius 3 is 2.81 bits per heavy atom. The van der Waals surface area contributed by atoms with Crippen molar-refractivity contribution in [2.45, 2.75) is 32.4 Å². The maximum Gasteiger partial charge on any atom is 0.0931 e. The van der Waals surface area contributed by atoms with E-state index in [9.17, 15) is 0 Å². The number of nitrogens with one attached hydrogen (secondary N) is 1. The van der Waals surface area contributed by atoms with Gasteiger partial charge >= 0.3 is 0 Å². The van der Waals surface area contributed by atoms with Crippen molar-refractivity contribution in [1.82, 2.24) is 10.2 Å². The highest BCUT2D eigenvalue weighted by Gasteiger charge is 2.17. The van der Waals surface area contributed by atoms with Crippen LogP contribution in [-0.4, -0.2) is 30.6 Å². The van der Waals surface area contributed by atoms with E-state index in [1.807, 2.05) is 6.07 Å². The van der Waals surface area contributed by atoms with Gasteiger partial charge in [0.25, 0.3) is 0 Å². The van der Waals surface area contributed by atoms with Crippen molar-refractivity contribution in [3.63, 3.8) is 0 Å². The van der Waals surface area contributed by atoms with E-state index in [-0.39, 0.29) is 0 Å². The zero-order chi connectivity index (χ0) is 11.4. The summed E-state index contributed by atoms with van der Waals surface area (Å²) in [7, 11) is 0. The van der Waals surface area contributed by atoms with Crippen LogP contribution in [0.5, 0.6) is 0 Å². The molecule has 1 aliphatic heterocycles. The van der Waals surface area contributed by atoms with Crippen molar-refractivity contribution < 1.29 is 0 Å². The zero-order valence-electron chi connectivity index (χ0n) is 9.71. The van der Waals surface area contributed by atoms with Gasteiger partial charge in [-0.2, -0.15) is 0 Å². The van der Waals surface area contributed by atoms with Crippen LogP contribution in [0.4, 0.5) is 0 Å². The Kier molecular flexibility index (Phi) is 4.65. The molecule has 0 spiro atoms. The minimum atomic E-state index is 0.651. The average molecular weight is 259 g/mol. The van der Waals surface area contributed by atoms with E-state index >= 15 is 0 Å². The number of thiophene rings is 1.